The number of likely N-dealkylation sites (N-methyl/N-ethyl adjacent to an activating group) is 1. The Morgan fingerprint density at radius 1 is 1.11 bits per heavy atom. The molecule has 7 nitrogen and oxygen atoms in total. The van der Waals surface area contributed by atoms with E-state index < -0.39 is 5.97 Å². The number of aromatic nitrogens is 1. The maximum Gasteiger partial charge on any atom is 0.340 e. The summed E-state index contributed by atoms with van der Waals surface area (Å²) in [5, 5.41) is 2.78. The van der Waals surface area contributed by atoms with Gasteiger partial charge in [-0.15, -0.1) is 0 Å². The number of para-hydroxylation sites is 1. The highest BCUT2D eigenvalue weighted by Crippen LogP contribution is 2.20. The molecule has 0 atom stereocenters. The number of ether oxygens (including phenoxy) is 1. The highest BCUT2D eigenvalue weighted by molar-refractivity contribution is 6.07. The number of anilines is 2. The third-order valence-corrected chi connectivity index (χ3v) is 4.83. The highest BCUT2D eigenvalue weighted by atomic mass is 16.5. The molecule has 1 amide bonds. The summed E-state index contributed by atoms with van der Waals surface area (Å²) in [6, 6.07) is 10.5. The minimum Gasteiger partial charge on any atom is -0.462 e. The largest absolute Gasteiger partial charge is 0.462 e. The van der Waals surface area contributed by atoms with Gasteiger partial charge in [0, 0.05) is 38.1 Å². The molecule has 1 aromatic heterocycles. The first-order valence-corrected chi connectivity index (χ1v) is 9.63. The lowest BCUT2D eigenvalue weighted by molar-refractivity contribution is 0.0527. The molecule has 3 rings (SSSR count). The van der Waals surface area contributed by atoms with E-state index >= 15 is 0 Å². The molecule has 0 radical (unpaired) electrons. The maximum atomic E-state index is 12.7. The molecule has 0 bridgehead atoms. The Morgan fingerprint density at radius 3 is 2.57 bits per heavy atom. The first kappa shape index (κ1) is 19.8. The van der Waals surface area contributed by atoms with Crippen molar-refractivity contribution in [1.29, 1.82) is 0 Å². The van der Waals surface area contributed by atoms with E-state index in [1.165, 1.54) is 0 Å². The maximum absolute atomic E-state index is 12.7. The lowest BCUT2D eigenvalue weighted by Crippen LogP contribution is -2.46. The monoisotopic (exact) mass is 382 g/mol. The number of hydrogen-bond donors (Lipinski definition) is 1. The van der Waals surface area contributed by atoms with Crippen molar-refractivity contribution in [3.05, 3.63) is 53.9 Å². The van der Waals surface area contributed by atoms with Gasteiger partial charge < -0.3 is 19.9 Å². The van der Waals surface area contributed by atoms with E-state index in [4.69, 9.17) is 4.74 Å². The zero-order valence-electron chi connectivity index (χ0n) is 16.4. The standard InChI is InChI=1S/C21H26N4O3/c1-3-24-11-13-25(14-12-24)16-9-10-22-19(15-16)20(26)23-18-8-6-5-7-17(18)21(27)28-4-2/h5-10,15H,3-4,11-14H2,1-2H3,(H,23,26). The summed E-state index contributed by atoms with van der Waals surface area (Å²) in [6.07, 6.45) is 1.65. The molecule has 7 heteroatoms. The number of hydrogen-bond acceptors (Lipinski definition) is 6. The summed E-state index contributed by atoms with van der Waals surface area (Å²) in [6.45, 7) is 9.09. The number of piperazine rings is 1. The Bertz CT molecular complexity index is 832. The van der Waals surface area contributed by atoms with Gasteiger partial charge in [0.15, 0.2) is 0 Å². The molecule has 2 aromatic rings. The molecule has 0 aliphatic carbocycles. The number of carbonyl (C=O) groups excluding carboxylic acids is 2. The van der Waals surface area contributed by atoms with Crippen LogP contribution in [0.25, 0.3) is 0 Å². The summed E-state index contributed by atoms with van der Waals surface area (Å²) in [5.74, 6) is -0.820. The van der Waals surface area contributed by atoms with Crippen LogP contribution in [-0.2, 0) is 4.74 Å². The van der Waals surface area contributed by atoms with Crippen LogP contribution < -0.4 is 10.2 Å². The van der Waals surface area contributed by atoms with Gasteiger partial charge in [-0.2, -0.15) is 0 Å². The lowest BCUT2D eigenvalue weighted by atomic mass is 10.1. The van der Waals surface area contributed by atoms with Crippen LogP contribution in [0.4, 0.5) is 11.4 Å². The van der Waals surface area contributed by atoms with E-state index in [-0.39, 0.29) is 12.5 Å². The smallest absolute Gasteiger partial charge is 0.340 e. The first-order valence-electron chi connectivity index (χ1n) is 9.63. The number of esters is 1. The fourth-order valence-electron chi connectivity index (χ4n) is 3.23. The fraction of sp³-hybridized carbons (Fsp3) is 0.381. The number of carbonyl (C=O) groups is 2. The van der Waals surface area contributed by atoms with E-state index in [0.717, 1.165) is 38.4 Å². The van der Waals surface area contributed by atoms with Crippen molar-refractivity contribution < 1.29 is 14.3 Å². The SMILES string of the molecule is CCOC(=O)c1ccccc1NC(=O)c1cc(N2CCN(CC)CC2)ccn1. The normalized spacial score (nSPS) is 14.6. The second kappa shape index (κ2) is 9.32. The van der Waals surface area contributed by atoms with Gasteiger partial charge in [-0.1, -0.05) is 19.1 Å². The van der Waals surface area contributed by atoms with E-state index in [1.807, 2.05) is 6.07 Å². The van der Waals surface area contributed by atoms with Crippen molar-refractivity contribution in [2.75, 3.05) is 49.5 Å². The summed E-state index contributed by atoms with van der Waals surface area (Å²) in [7, 11) is 0. The van der Waals surface area contributed by atoms with Gasteiger partial charge in [0.05, 0.1) is 17.9 Å². The topological polar surface area (TPSA) is 74.8 Å². The second-order valence-electron chi connectivity index (χ2n) is 6.54. The minimum atomic E-state index is -0.464. The van der Waals surface area contributed by atoms with Crippen LogP contribution in [0.1, 0.15) is 34.7 Å². The predicted molar refractivity (Wildman–Crippen MR) is 109 cm³/mol. The van der Waals surface area contributed by atoms with Crippen molar-refractivity contribution in [1.82, 2.24) is 9.88 Å². The molecule has 0 saturated carbocycles. The average molecular weight is 382 g/mol. The van der Waals surface area contributed by atoms with Crippen LogP contribution in [-0.4, -0.2) is 61.1 Å². The van der Waals surface area contributed by atoms with Crippen LogP contribution >= 0.6 is 0 Å². The van der Waals surface area contributed by atoms with E-state index in [0.29, 0.717) is 16.9 Å². The van der Waals surface area contributed by atoms with Crippen molar-refractivity contribution >= 4 is 23.3 Å². The molecule has 1 saturated heterocycles. The number of nitrogens with zero attached hydrogens (tertiary/aromatic N) is 3. The molecule has 1 N–H and O–H groups in total. The van der Waals surface area contributed by atoms with Crippen molar-refractivity contribution in [3.8, 4) is 0 Å². The summed E-state index contributed by atoms with van der Waals surface area (Å²) in [5.41, 5.74) is 2.03. The number of rotatable bonds is 6. The third-order valence-electron chi connectivity index (χ3n) is 4.83. The number of nitrogens with one attached hydrogen (secondary N) is 1. The van der Waals surface area contributed by atoms with Crippen LogP contribution in [0.3, 0.4) is 0 Å². The highest BCUT2D eigenvalue weighted by Gasteiger charge is 2.19. The van der Waals surface area contributed by atoms with Crippen LogP contribution in [0.15, 0.2) is 42.6 Å². The van der Waals surface area contributed by atoms with E-state index in [9.17, 15) is 9.59 Å². The molecule has 0 spiro atoms. The number of pyridine rings is 1. The number of amides is 1. The molecule has 2 heterocycles. The predicted octanol–water partition coefficient (Wildman–Crippen LogP) is 2.65. The van der Waals surface area contributed by atoms with Crippen molar-refractivity contribution in [2.45, 2.75) is 13.8 Å². The van der Waals surface area contributed by atoms with E-state index in [1.54, 1.807) is 43.5 Å². The molecule has 0 unspecified atom stereocenters. The summed E-state index contributed by atoms with van der Waals surface area (Å²) < 4.78 is 5.06. The zero-order valence-corrected chi connectivity index (χ0v) is 16.4. The Kier molecular flexibility index (Phi) is 6.60. The Labute approximate surface area is 165 Å². The van der Waals surface area contributed by atoms with Gasteiger partial charge in [-0.3, -0.25) is 9.78 Å². The van der Waals surface area contributed by atoms with Gasteiger partial charge in [0.1, 0.15) is 5.69 Å². The van der Waals surface area contributed by atoms with Crippen LogP contribution in [0.5, 0.6) is 0 Å². The van der Waals surface area contributed by atoms with Gasteiger partial charge >= 0.3 is 5.97 Å². The molecule has 148 valence electrons. The quantitative estimate of drug-likeness (QED) is 0.774. The van der Waals surface area contributed by atoms with Gasteiger partial charge in [-0.05, 0) is 37.7 Å². The van der Waals surface area contributed by atoms with Crippen LogP contribution in [0, 0.1) is 0 Å². The third kappa shape index (κ3) is 4.67. The Hall–Kier alpha value is -2.93. The Balaban J connectivity index is 1.73. The molecule has 28 heavy (non-hydrogen) atoms. The van der Waals surface area contributed by atoms with Crippen LogP contribution in [0.2, 0.25) is 0 Å². The molecule has 1 aliphatic rings. The summed E-state index contributed by atoms with van der Waals surface area (Å²) in [4.78, 5) is 33.7. The fourth-order valence-corrected chi connectivity index (χ4v) is 3.23. The van der Waals surface area contributed by atoms with Gasteiger partial charge in [0.2, 0.25) is 0 Å². The van der Waals surface area contributed by atoms with Crippen molar-refractivity contribution in [2.24, 2.45) is 0 Å². The zero-order chi connectivity index (χ0) is 19.9. The molecular formula is C21H26N4O3. The van der Waals surface area contributed by atoms with Gasteiger partial charge in [-0.25, -0.2) is 4.79 Å². The molecule has 1 fully saturated rings. The second-order valence-corrected chi connectivity index (χ2v) is 6.54. The first-order chi connectivity index (χ1) is 13.6. The number of benzene rings is 1. The minimum absolute atomic E-state index is 0.274. The summed E-state index contributed by atoms with van der Waals surface area (Å²) >= 11 is 0. The molecular weight excluding hydrogens is 356 g/mol. The molecule has 1 aromatic carbocycles. The molecule has 1 aliphatic heterocycles. The average Bonchev–Trinajstić information content (AvgIpc) is 2.74. The van der Waals surface area contributed by atoms with Gasteiger partial charge in [0.25, 0.3) is 5.91 Å². The lowest BCUT2D eigenvalue weighted by Gasteiger charge is -2.35. The van der Waals surface area contributed by atoms with E-state index in [2.05, 4.69) is 27.0 Å². The van der Waals surface area contributed by atoms with Crippen molar-refractivity contribution in [3.63, 3.8) is 0 Å². The Morgan fingerprint density at radius 2 is 1.86 bits per heavy atom.